The summed E-state index contributed by atoms with van der Waals surface area (Å²) >= 11 is 11.6. The highest BCUT2D eigenvalue weighted by molar-refractivity contribution is 6.35. The van der Waals surface area contributed by atoms with Crippen molar-refractivity contribution < 1.29 is 9.21 Å². The van der Waals surface area contributed by atoms with Gasteiger partial charge in [0, 0.05) is 21.8 Å². The van der Waals surface area contributed by atoms with Crippen molar-refractivity contribution in [1.82, 2.24) is 0 Å². The maximum absolute atomic E-state index is 11.7. The standard InChI is InChI=1S/C11H8Cl2N2O2/c12-6-3-7(13)5-8(4-6)15-11(16)9-1-2-10(14)17-9/h1-5H,14H2,(H,15,16). The van der Waals surface area contributed by atoms with Gasteiger partial charge in [0.2, 0.25) is 0 Å². The molecular formula is C11H8Cl2N2O2. The third kappa shape index (κ3) is 2.93. The molecule has 0 saturated heterocycles. The number of furan rings is 1. The summed E-state index contributed by atoms with van der Waals surface area (Å²) in [5.74, 6) is -0.113. The van der Waals surface area contributed by atoms with E-state index in [1.165, 1.54) is 12.1 Å². The lowest BCUT2D eigenvalue weighted by Crippen LogP contribution is -2.10. The minimum atomic E-state index is -0.417. The molecule has 6 heteroatoms. The summed E-state index contributed by atoms with van der Waals surface area (Å²) < 4.78 is 4.98. The van der Waals surface area contributed by atoms with Crippen LogP contribution in [-0.2, 0) is 0 Å². The largest absolute Gasteiger partial charge is 0.436 e. The number of anilines is 2. The number of amides is 1. The number of nitrogen functional groups attached to an aromatic ring is 1. The lowest BCUT2D eigenvalue weighted by Gasteiger charge is -2.04. The number of benzene rings is 1. The number of carbonyl (C=O) groups excluding carboxylic acids is 1. The highest BCUT2D eigenvalue weighted by atomic mass is 35.5. The van der Waals surface area contributed by atoms with Gasteiger partial charge in [-0.3, -0.25) is 4.79 Å². The van der Waals surface area contributed by atoms with Crippen LogP contribution in [0.2, 0.25) is 10.0 Å². The molecule has 88 valence electrons. The molecule has 0 fully saturated rings. The molecule has 0 bridgehead atoms. The quantitative estimate of drug-likeness (QED) is 0.879. The van der Waals surface area contributed by atoms with Crippen LogP contribution in [0.25, 0.3) is 0 Å². The molecule has 1 amide bonds. The molecule has 4 nitrogen and oxygen atoms in total. The van der Waals surface area contributed by atoms with Crippen LogP contribution in [0.1, 0.15) is 10.6 Å². The second-order valence-electron chi connectivity index (χ2n) is 3.31. The fraction of sp³-hybridized carbons (Fsp3) is 0. The van der Waals surface area contributed by atoms with E-state index in [2.05, 4.69) is 5.32 Å². The number of hydrogen-bond acceptors (Lipinski definition) is 3. The van der Waals surface area contributed by atoms with E-state index in [0.717, 1.165) is 0 Å². The maximum atomic E-state index is 11.7. The predicted octanol–water partition coefficient (Wildman–Crippen LogP) is 3.42. The van der Waals surface area contributed by atoms with Crippen LogP contribution in [0.15, 0.2) is 34.7 Å². The molecule has 0 spiro atoms. The second-order valence-corrected chi connectivity index (χ2v) is 4.19. The Kier molecular flexibility index (Phi) is 3.26. The number of rotatable bonds is 2. The first-order chi connectivity index (χ1) is 8.04. The van der Waals surface area contributed by atoms with Gasteiger partial charge in [0.1, 0.15) is 0 Å². The smallest absolute Gasteiger partial charge is 0.291 e. The van der Waals surface area contributed by atoms with Crippen molar-refractivity contribution in [3.05, 3.63) is 46.1 Å². The average Bonchev–Trinajstić information content (AvgIpc) is 2.63. The van der Waals surface area contributed by atoms with E-state index in [4.69, 9.17) is 33.4 Å². The highest BCUT2D eigenvalue weighted by Gasteiger charge is 2.11. The molecule has 1 aromatic carbocycles. The SMILES string of the molecule is Nc1ccc(C(=O)Nc2cc(Cl)cc(Cl)c2)o1. The molecule has 0 atom stereocenters. The Balaban J connectivity index is 2.18. The molecule has 3 N–H and O–H groups in total. The number of hydrogen-bond donors (Lipinski definition) is 2. The van der Waals surface area contributed by atoms with E-state index >= 15 is 0 Å². The van der Waals surface area contributed by atoms with E-state index < -0.39 is 5.91 Å². The number of carbonyl (C=O) groups is 1. The molecule has 0 saturated carbocycles. The van der Waals surface area contributed by atoms with Gasteiger partial charge in [-0.1, -0.05) is 23.2 Å². The fourth-order valence-corrected chi connectivity index (χ4v) is 1.82. The predicted molar refractivity (Wildman–Crippen MR) is 67.5 cm³/mol. The van der Waals surface area contributed by atoms with Crippen molar-refractivity contribution >= 4 is 40.7 Å². The Morgan fingerprint density at radius 1 is 1.18 bits per heavy atom. The van der Waals surface area contributed by atoms with Crippen LogP contribution in [0.5, 0.6) is 0 Å². The molecule has 2 aromatic rings. The van der Waals surface area contributed by atoms with Gasteiger partial charge < -0.3 is 15.5 Å². The first-order valence-electron chi connectivity index (χ1n) is 4.67. The molecule has 17 heavy (non-hydrogen) atoms. The molecule has 2 rings (SSSR count). The first kappa shape index (κ1) is 11.8. The average molecular weight is 271 g/mol. The monoisotopic (exact) mass is 270 g/mol. The fourth-order valence-electron chi connectivity index (χ4n) is 1.29. The third-order valence-corrected chi connectivity index (χ3v) is 2.41. The number of nitrogens with two attached hydrogens (primary N) is 1. The van der Waals surface area contributed by atoms with Gasteiger partial charge in [0.15, 0.2) is 11.6 Å². The third-order valence-electron chi connectivity index (χ3n) is 1.97. The van der Waals surface area contributed by atoms with Crippen molar-refractivity contribution in [2.45, 2.75) is 0 Å². The summed E-state index contributed by atoms with van der Waals surface area (Å²) in [6.45, 7) is 0. The zero-order valence-corrected chi connectivity index (χ0v) is 10.0. The van der Waals surface area contributed by atoms with Crippen LogP contribution < -0.4 is 11.1 Å². The van der Waals surface area contributed by atoms with Crippen LogP contribution in [0.4, 0.5) is 11.6 Å². The molecule has 1 aromatic heterocycles. The molecule has 0 aliphatic rings. The van der Waals surface area contributed by atoms with Crippen molar-refractivity contribution in [2.24, 2.45) is 0 Å². The molecule has 1 heterocycles. The van der Waals surface area contributed by atoms with Crippen molar-refractivity contribution in [2.75, 3.05) is 11.1 Å². The topological polar surface area (TPSA) is 68.3 Å². The minimum absolute atomic E-state index is 0.124. The Morgan fingerprint density at radius 2 is 1.82 bits per heavy atom. The van der Waals surface area contributed by atoms with E-state index in [-0.39, 0.29) is 11.6 Å². The Bertz CT molecular complexity index is 546. The van der Waals surface area contributed by atoms with Gasteiger partial charge in [0.05, 0.1) is 0 Å². The normalized spacial score (nSPS) is 10.2. The van der Waals surface area contributed by atoms with Crippen molar-refractivity contribution in [3.8, 4) is 0 Å². The zero-order chi connectivity index (χ0) is 12.4. The zero-order valence-electron chi connectivity index (χ0n) is 8.54. The van der Waals surface area contributed by atoms with Crippen LogP contribution in [0, 0.1) is 0 Å². The lowest BCUT2D eigenvalue weighted by atomic mass is 10.3. The highest BCUT2D eigenvalue weighted by Crippen LogP contribution is 2.23. The summed E-state index contributed by atoms with van der Waals surface area (Å²) in [6.07, 6.45) is 0. The maximum Gasteiger partial charge on any atom is 0.291 e. The molecule has 0 aliphatic heterocycles. The van der Waals surface area contributed by atoms with E-state index in [0.29, 0.717) is 15.7 Å². The van der Waals surface area contributed by atoms with Crippen LogP contribution in [-0.4, -0.2) is 5.91 Å². The summed E-state index contributed by atoms with van der Waals surface area (Å²) in [6, 6.07) is 7.72. The van der Waals surface area contributed by atoms with Gasteiger partial charge in [0.25, 0.3) is 5.91 Å². The van der Waals surface area contributed by atoms with E-state index in [1.54, 1.807) is 18.2 Å². The van der Waals surface area contributed by atoms with E-state index in [9.17, 15) is 4.79 Å². The molecule has 0 radical (unpaired) electrons. The van der Waals surface area contributed by atoms with E-state index in [1.807, 2.05) is 0 Å². The van der Waals surface area contributed by atoms with Gasteiger partial charge in [-0.25, -0.2) is 0 Å². The van der Waals surface area contributed by atoms with Gasteiger partial charge in [-0.15, -0.1) is 0 Å². The number of halogens is 2. The van der Waals surface area contributed by atoms with Crippen LogP contribution >= 0.6 is 23.2 Å². The van der Waals surface area contributed by atoms with Gasteiger partial charge in [-0.05, 0) is 24.3 Å². The number of nitrogens with one attached hydrogen (secondary N) is 1. The van der Waals surface area contributed by atoms with Gasteiger partial charge in [-0.2, -0.15) is 0 Å². The van der Waals surface area contributed by atoms with Crippen molar-refractivity contribution in [3.63, 3.8) is 0 Å². The van der Waals surface area contributed by atoms with Crippen molar-refractivity contribution in [1.29, 1.82) is 0 Å². The first-order valence-corrected chi connectivity index (χ1v) is 5.43. The summed E-state index contributed by atoms with van der Waals surface area (Å²) in [7, 11) is 0. The minimum Gasteiger partial charge on any atom is -0.436 e. The van der Waals surface area contributed by atoms with Crippen LogP contribution in [0.3, 0.4) is 0 Å². The Labute approximate surface area is 107 Å². The summed E-state index contributed by atoms with van der Waals surface area (Å²) in [4.78, 5) is 11.7. The Morgan fingerprint density at radius 3 is 2.35 bits per heavy atom. The summed E-state index contributed by atoms with van der Waals surface area (Å²) in [5, 5.41) is 3.47. The lowest BCUT2D eigenvalue weighted by molar-refractivity contribution is 0.0997. The summed E-state index contributed by atoms with van der Waals surface area (Å²) in [5.41, 5.74) is 5.86. The second kappa shape index (κ2) is 4.69. The molecular weight excluding hydrogens is 263 g/mol. The molecule has 0 unspecified atom stereocenters. The molecule has 0 aliphatic carbocycles. The Hall–Kier alpha value is -1.65. The van der Waals surface area contributed by atoms with Gasteiger partial charge >= 0.3 is 0 Å².